The average Bonchev–Trinajstić information content (AvgIpc) is 2.48. The van der Waals surface area contributed by atoms with E-state index in [1.54, 1.807) is 24.3 Å². The number of nitrogens with one attached hydrogen (secondary N) is 2. The van der Waals surface area contributed by atoms with Crippen LogP contribution in [-0.4, -0.2) is 25.0 Å². The van der Waals surface area contributed by atoms with Gasteiger partial charge in [0.05, 0.1) is 11.6 Å². The quantitative estimate of drug-likeness (QED) is 0.868. The minimum Gasteiger partial charge on any atom is -0.349 e. The zero-order chi connectivity index (χ0) is 13.7. The van der Waals surface area contributed by atoms with E-state index in [2.05, 4.69) is 16.7 Å². The molecular formula is C15H19N3O. The van der Waals surface area contributed by atoms with Crippen molar-refractivity contribution in [2.24, 2.45) is 0 Å². The van der Waals surface area contributed by atoms with Gasteiger partial charge in [0.2, 0.25) is 0 Å². The van der Waals surface area contributed by atoms with E-state index >= 15 is 0 Å². The first-order chi connectivity index (χ1) is 9.22. The van der Waals surface area contributed by atoms with E-state index in [9.17, 15) is 4.79 Å². The Morgan fingerprint density at radius 3 is 2.58 bits per heavy atom. The largest absolute Gasteiger partial charge is 0.349 e. The molecule has 0 radical (unpaired) electrons. The molecule has 0 aromatic heterocycles. The first-order valence-electron chi connectivity index (χ1n) is 6.71. The summed E-state index contributed by atoms with van der Waals surface area (Å²) in [6.45, 7) is 0. The maximum absolute atomic E-state index is 12.1. The van der Waals surface area contributed by atoms with Gasteiger partial charge in [-0.2, -0.15) is 5.26 Å². The number of hydrogen-bond acceptors (Lipinski definition) is 3. The van der Waals surface area contributed by atoms with Gasteiger partial charge in [-0.25, -0.2) is 0 Å². The number of carbonyl (C=O) groups is 1. The number of amides is 1. The zero-order valence-electron chi connectivity index (χ0n) is 11.1. The smallest absolute Gasteiger partial charge is 0.251 e. The molecule has 4 heteroatoms. The summed E-state index contributed by atoms with van der Waals surface area (Å²) >= 11 is 0. The van der Waals surface area contributed by atoms with E-state index in [0.29, 0.717) is 17.2 Å². The molecule has 0 bridgehead atoms. The van der Waals surface area contributed by atoms with Gasteiger partial charge in [-0.15, -0.1) is 0 Å². The molecule has 1 aromatic rings. The standard InChI is InChI=1S/C15H19N3O/c1-17-13-5-7-14(8-6-13)18-15(19)12-4-2-3-11(9-12)10-16/h2-4,9,13-14,17H,5-8H2,1H3,(H,18,19). The molecule has 0 aliphatic heterocycles. The molecule has 2 N–H and O–H groups in total. The monoisotopic (exact) mass is 257 g/mol. The Balaban J connectivity index is 1.92. The molecule has 1 fully saturated rings. The molecule has 100 valence electrons. The Hall–Kier alpha value is -1.86. The third-order valence-electron chi connectivity index (χ3n) is 3.72. The highest BCUT2D eigenvalue weighted by molar-refractivity contribution is 5.94. The van der Waals surface area contributed by atoms with Crippen LogP contribution in [0.5, 0.6) is 0 Å². The van der Waals surface area contributed by atoms with Crippen molar-refractivity contribution in [3.05, 3.63) is 35.4 Å². The van der Waals surface area contributed by atoms with Gasteiger partial charge in [-0.05, 0) is 50.9 Å². The summed E-state index contributed by atoms with van der Waals surface area (Å²) < 4.78 is 0. The molecule has 1 aromatic carbocycles. The molecule has 2 rings (SSSR count). The van der Waals surface area contributed by atoms with Crippen molar-refractivity contribution in [2.45, 2.75) is 37.8 Å². The van der Waals surface area contributed by atoms with Crippen molar-refractivity contribution in [3.8, 4) is 6.07 Å². The van der Waals surface area contributed by atoms with Gasteiger partial charge >= 0.3 is 0 Å². The van der Waals surface area contributed by atoms with Crippen molar-refractivity contribution in [2.75, 3.05) is 7.05 Å². The number of hydrogen-bond donors (Lipinski definition) is 2. The van der Waals surface area contributed by atoms with Gasteiger partial charge < -0.3 is 10.6 Å². The van der Waals surface area contributed by atoms with E-state index in [4.69, 9.17) is 5.26 Å². The molecular weight excluding hydrogens is 238 g/mol. The van der Waals surface area contributed by atoms with Crippen LogP contribution in [0.3, 0.4) is 0 Å². The van der Waals surface area contributed by atoms with E-state index < -0.39 is 0 Å². The maximum Gasteiger partial charge on any atom is 0.251 e. The molecule has 1 saturated carbocycles. The van der Waals surface area contributed by atoms with Gasteiger partial charge in [0.15, 0.2) is 0 Å². The second-order valence-corrected chi connectivity index (χ2v) is 5.00. The lowest BCUT2D eigenvalue weighted by atomic mass is 9.91. The summed E-state index contributed by atoms with van der Waals surface area (Å²) in [4.78, 5) is 12.1. The second-order valence-electron chi connectivity index (χ2n) is 5.00. The van der Waals surface area contributed by atoms with Crippen molar-refractivity contribution in [1.29, 1.82) is 5.26 Å². The highest BCUT2D eigenvalue weighted by atomic mass is 16.1. The van der Waals surface area contributed by atoms with Crippen molar-refractivity contribution >= 4 is 5.91 Å². The van der Waals surface area contributed by atoms with Crippen LogP contribution in [0.2, 0.25) is 0 Å². The van der Waals surface area contributed by atoms with E-state index in [1.807, 2.05) is 7.05 Å². The highest BCUT2D eigenvalue weighted by Crippen LogP contribution is 2.18. The normalized spacial score (nSPS) is 22.5. The summed E-state index contributed by atoms with van der Waals surface area (Å²) in [6.07, 6.45) is 4.21. The summed E-state index contributed by atoms with van der Waals surface area (Å²) in [6, 6.07) is 9.71. The molecule has 1 aliphatic rings. The number of rotatable bonds is 3. The number of nitrogens with zero attached hydrogens (tertiary/aromatic N) is 1. The van der Waals surface area contributed by atoms with E-state index in [0.717, 1.165) is 25.7 Å². The van der Waals surface area contributed by atoms with E-state index in [1.165, 1.54) is 0 Å². The lowest BCUT2D eigenvalue weighted by Crippen LogP contribution is -2.41. The summed E-state index contributed by atoms with van der Waals surface area (Å²) in [5, 5.41) is 15.2. The van der Waals surface area contributed by atoms with Crippen LogP contribution < -0.4 is 10.6 Å². The van der Waals surface area contributed by atoms with Gasteiger partial charge in [-0.1, -0.05) is 6.07 Å². The number of carbonyl (C=O) groups excluding carboxylic acids is 1. The first-order valence-corrected chi connectivity index (χ1v) is 6.71. The Kier molecular flexibility index (Phi) is 4.53. The summed E-state index contributed by atoms with van der Waals surface area (Å²) in [7, 11) is 1.98. The Bertz CT molecular complexity index is 484. The fraction of sp³-hybridized carbons (Fsp3) is 0.467. The number of nitriles is 1. The van der Waals surface area contributed by atoms with Crippen molar-refractivity contribution in [1.82, 2.24) is 10.6 Å². The molecule has 0 unspecified atom stereocenters. The summed E-state index contributed by atoms with van der Waals surface area (Å²) in [5.41, 5.74) is 1.08. The minimum absolute atomic E-state index is 0.0787. The molecule has 1 amide bonds. The molecule has 0 saturated heterocycles. The molecule has 0 spiro atoms. The highest BCUT2D eigenvalue weighted by Gasteiger charge is 2.21. The molecule has 1 aliphatic carbocycles. The molecule has 0 atom stereocenters. The molecule has 0 heterocycles. The van der Waals surface area contributed by atoms with Crippen molar-refractivity contribution < 1.29 is 4.79 Å². The van der Waals surface area contributed by atoms with Crippen LogP contribution in [0.25, 0.3) is 0 Å². The van der Waals surface area contributed by atoms with Gasteiger partial charge in [0.25, 0.3) is 5.91 Å². The lowest BCUT2D eigenvalue weighted by Gasteiger charge is -2.28. The van der Waals surface area contributed by atoms with Crippen LogP contribution in [0.15, 0.2) is 24.3 Å². The van der Waals surface area contributed by atoms with Crippen LogP contribution in [0, 0.1) is 11.3 Å². The topological polar surface area (TPSA) is 64.9 Å². The number of benzene rings is 1. The predicted molar refractivity (Wildman–Crippen MR) is 73.7 cm³/mol. The predicted octanol–water partition coefficient (Wildman–Crippen LogP) is 1.82. The van der Waals surface area contributed by atoms with Gasteiger partial charge in [0.1, 0.15) is 0 Å². The van der Waals surface area contributed by atoms with Gasteiger partial charge in [0, 0.05) is 17.6 Å². The fourth-order valence-electron chi connectivity index (χ4n) is 2.53. The first kappa shape index (κ1) is 13.6. The van der Waals surface area contributed by atoms with Crippen LogP contribution in [-0.2, 0) is 0 Å². The minimum atomic E-state index is -0.0787. The average molecular weight is 257 g/mol. The Labute approximate surface area is 113 Å². The van der Waals surface area contributed by atoms with Crippen LogP contribution in [0.4, 0.5) is 0 Å². The lowest BCUT2D eigenvalue weighted by molar-refractivity contribution is 0.0924. The summed E-state index contributed by atoms with van der Waals surface area (Å²) in [5.74, 6) is -0.0787. The Morgan fingerprint density at radius 2 is 1.95 bits per heavy atom. The zero-order valence-corrected chi connectivity index (χ0v) is 11.1. The van der Waals surface area contributed by atoms with Crippen LogP contribution >= 0.6 is 0 Å². The fourth-order valence-corrected chi connectivity index (χ4v) is 2.53. The van der Waals surface area contributed by atoms with Crippen LogP contribution in [0.1, 0.15) is 41.6 Å². The third kappa shape index (κ3) is 3.55. The maximum atomic E-state index is 12.1. The molecule has 19 heavy (non-hydrogen) atoms. The second kappa shape index (κ2) is 6.35. The Morgan fingerprint density at radius 1 is 1.26 bits per heavy atom. The van der Waals surface area contributed by atoms with E-state index in [-0.39, 0.29) is 11.9 Å². The third-order valence-corrected chi connectivity index (χ3v) is 3.72. The molecule has 4 nitrogen and oxygen atoms in total. The van der Waals surface area contributed by atoms with Gasteiger partial charge in [-0.3, -0.25) is 4.79 Å². The van der Waals surface area contributed by atoms with Crippen molar-refractivity contribution in [3.63, 3.8) is 0 Å². The SMILES string of the molecule is CNC1CCC(NC(=O)c2cccc(C#N)c2)CC1.